The van der Waals surface area contributed by atoms with Crippen LogP contribution in [0.2, 0.25) is 0 Å². The van der Waals surface area contributed by atoms with Crippen molar-refractivity contribution in [2.75, 3.05) is 17.2 Å². The van der Waals surface area contributed by atoms with Crippen LogP contribution in [0.3, 0.4) is 0 Å². The fraction of sp³-hybridized carbons (Fsp3) is 0.167. The Labute approximate surface area is 155 Å². The summed E-state index contributed by atoms with van der Waals surface area (Å²) in [7, 11) is 0. The highest BCUT2D eigenvalue weighted by atomic mass is 16.6. The Bertz CT molecular complexity index is 964. The van der Waals surface area contributed by atoms with Gasteiger partial charge in [-0.05, 0) is 30.7 Å². The number of benzene rings is 1. The van der Waals surface area contributed by atoms with Gasteiger partial charge in [0.1, 0.15) is 5.82 Å². The van der Waals surface area contributed by atoms with Crippen LogP contribution in [0.25, 0.3) is 0 Å². The minimum Gasteiger partial charge on any atom is -0.370 e. The van der Waals surface area contributed by atoms with Gasteiger partial charge in [0.05, 0.1) is 22.9 Å². The van der Waals surface area contributed by atoms with Crippen molar-refractivity contribution < 1.29 is 4.92 Å². The number of hydrogen-bond acceptors (Lipinski definition) is 7. The van der Waals surface area contributed by atoms with Gasteiger partial charge < -0.3 is 15.2 Å². The molecule has 0 spiro atoms. The molecule has 0 unspecified atom stereocenters. The third kappa shape index (κ3) is 4.79. The van der Waals surface area contributed by atoms with Gasteiger partial charge in [0.2, 0.25) is 5.82 Å². The minimum atomic E-state index is -0.494. The van der Waals surface area contributed by atoms with Crippen LogP contribution in [-0.4, -0.2) is 26.0 Å². The van der Waals surface area contributed by atoms with Crippen LogP contribution in [0.5, 0.6) is 0 Å². The summed E-state index contributed by atoms with van der Waals surface area (Å²) in [6.07, 6.45) is 6.22. The number of nitrogens with one attached hydrogen (secondary N) is 2. The van der Waals surface area contributed by atoms with Crippen LogP contribution in [0, 0.1) is 21.4 Å². The first kappa shape index (κ1) is 17.9. The lowest BCUT2D eigenvalue weighted by molar-refractivity contribution is -0.384. The molecule has 0 aliphatic rings. The topological polar surface area (TPSA) is 122 Å². The fourth-order valence-electron chi connectivity index (χ4n) is 2.49. The number of rotatable bonds is 8. The first-order valence-electron chi connectivity index (χ1n) is 8.28. The van der Waals surface area contributed by atoms with E-state index in [2.05, 4.69) is 20.6 Å². The van der Waals surface area contributed by atoms with Crippen LogP contribution in [-0.2, 0) is 6.54 Å². The predicted octanol–water partition coefficient (Wildman–Crippen LogP) is 3.30. The van der Waals surface area contributed by atoms with E-state index in [9.17, 15) is 10.1 Å². The van der Waals surface area contributed by atoms with Gasteiger partial charge in [0.25, 0.3) is 0 Å². The molecule has 9 heteroatoms. The van der Waals surface area contributed by atoms with Crippen molar-refractivity contribution in [3.63, 3.8) is 0 Å². The molecule has 0 atom stereocenters. The Morgan fingerprint density at radius 3 is 2.93 bits per heavy atom. The average molecular weight is 363 g/mol. The number of nitriles is 1. The van der Waals surface area contributed by atoms with Crippen LogP contribution in [0.1, 0.15) is 12.0 Å². The van der Waals surface area contributed by atoms with E-state index in [4.69, 9.17) is 5.26 Å². The lowest BCUT2D eigenvalue weighted by Crippen LogP contribution is -2.08. The monoisotopic (exact) mass is 363 g/mol. The van der Waals surface area contributed by atoms with Crippen molar-refractivity contribution in [2.45, 2.75) is 13.0 Å². The first-order chi connectivity index (χ1) is 13.2. The maximum absolute atomic E-state index is 11.3. The van der Waals surface area contributed by atoms with Crippen molar-refractivity contribution in [1.29, 1.82) is 5.26 Å². The number of nitrogens with zero attached hydrogens (tertiary/aromatic N) is 5. The lowest BCUT2D eigenvalue weighted by atomic mass is 10.2. The molecule has 0 radical (unpaired) electrons. The lowest BCUT2D eigenvalue weighted by Gasteiger charge is -2.10. The van der Waals surface area contributed by atoms with Crippen LogP contribution < -0.4 is 10.6 Å². The van der Waals surface area contributed by atoms with Gasteiger partial charge >= 0.3 is 5.69 Å². The van der Waals surface area contributed by atoms with Crippen LogP contribution in [0.15, 0.2) is 55.1 Å². The molecule has 3 rings (SSSR count). The average Bonchev–Trinajstić information content (AvgIpc) is 3.19. The summed E-state index contributed by atoms with van der Waals surface area (Å²) in [6, 6.07) is 11.7. The molecular weight excluding hydrogens is 346 g/mol. The molecule has 3 aromatic rings. The third-order valence-corrected chi connectivity index (χ3v) is 3.78. The van der Waals surface area contributed by atoms with E-state index >= 15 is 0 Å². The van der Waals surface area contributed by atoms with E-state index in [1.165, 1.54) is 6.07 Å². The molecule has 0 aliphatic carbocycles. The van der Waals surface area contributed by atoms with Gasteiger partial charge in [-0.2, -0.15) is 5.26 Å². The Morgan fingerprint density at radius 2 is 2.19 bits per heavy atom. The van der Waals surface area contributed by atoms with E-state index in [1.807, 2.05) is 16.8 Å². The molecule has 0 fully saturated rings. The zero-order chi connectivity index (χ0) is 19.1. The zero-order valence-electron chi connectivity index (χ0n) is 14.4. The molecule has 0 saturated carbocycles. The van der Waals surface area contributed by atoms with E-state index in [1.54, 1.807) is 42.9 Å². The Kier molecular flexibility index (Phi) is 5.59. The zero-order valence-corrected chi connectivity index (χ0v) is 14.4. The number of anilines is 3. The quantitative estimate of drug-likeness (QED) is 0.358. The second-order valence-electron chi connectivity index (χ2n) is 5.72. The smallest absolute Gasteiger partial charge is 0.311 e. The highest BCUT2D eigenvalue weighted by Crippen LogP contribution is 2.27. The standard InChI is InChI=1S/C18H17N7O2/c19-12-14-3-1-4-15(11-14)22-18-16(25(26)27)5-6-17(23-18)21-7-2-9-24-10-8-20-13-24/h1,3-6,8,10-11,13H,2,7,9H2,(H2,21,22,23). The summed E-state index contributed by atoms with van der Waals surface area (Å²) in [6.45, 7) is 1.47. The highest BCUT2D eigenvalue weighted by Gasteiger charge is 2.16. The predicted molar refractivity (Wildman–Crippen MR) is 101 cm³/mol. The molecule has 0 bridgehead atoms. The minimum absolute atomic E-state index is 0.120. The molecule has 0 aliphatic heterocycles. The Morgan fingerprint density at radius 1 is 1.30 bits per heavy atom. The van der Waals surface area contributed by atoms with Gasteiger partial charge in [-0.25, -0.2) is 9.97 Å². The van der Waals surface area contributed by atoms with Gasteiger partial charge in [-0.1, -0.05) is 6.07 Å². The molecule has 2 N–H and O–H groups in total. The highest BCUT2D eigenvalue weighted by molar-refractivity contribution is 5.68. The number of hydrogen-bond donors (Lipinski definition) is 2. The summed E-state index contributed by atoms with van der Waals surface area (Å²) >= 11 is 0. The van der Waals surface area contributed by atoms with Gasteiger partial charge in [-0.15, -0.1) is 0 Å². The number of nitro groups is 1. The molecule has 9 nitrogen and oxygen atoms in total. The van der Waals surface area contributed by atoms with Crippen molar-refractivity contribution in [2.24, 2.45) is 0 Å². The van der Waals surface area contributed by atoms with Crippen molar-refractivity contribution in [3.8, 4) is 6.07 Å². The molecular formula is C18H17N7O2. The molecule has 136 valence electrons. The number of pyridine rings is 1. The maximum atomic E-state index is 11.3. The number of aryl methyl sites for hydroxylation is 1. The van der Waals surface area contributed by atoms with Crippen LogP contribution in [0.4, 0.5) is 23.0 Å². The van der Waals surface area contributed by atoms with Crippen molar-refractivity contribution in [1.82, 2.24) is 14.5 Å². The first-order valence-corrected chi connectivity index (χ1v) is 8.28. The van der Waals surface area contributed by atoms with Gasteiger partial charge in [-0.3, -0.25) is 10.1 Å². The van der Waals surface area contributed by atoms with Gasteiger partial charge in [0, 0.05) is 37.2 Å². The Hall–Kier alpha value is -3.93. The van der Waals surface area contributed by atoms with Crippen molar-refractivity contribution in [3.05, 3.63) is 70.8 Å². The summed E-state index contributed by atoms with van der Waals surface area (Å²) in [4.78, 5) is 19.1. The van der Waals surface area contributed by atoms with E-state index in [-0.39, 0.29) is 11.5 Å². The summed E-state index contributed by atoms with van der Waals surface area (Å²) in [5, 5.41) is 26.4. The second-order valence-corrected chi connectivity index (χ2v) is 5.72. The number of aromatic nitrogens is 3. The molecule has 0 amide bonds. The third-order valence-electron chi connectivity index (χ3n) is 3.78. The molecule has 2 aromatic heterocycles. The van der Waals surface area contributed by atoms with Crippen molar-refractivity contribution >= 4 is 23.0 Å². The molecule has 1 aromatic carbocycles. The van der Waals surface area contributed by atoms with E-state index < -0.39 is 4.92 Å². The summed E-state index contributed by atoms with van der Waals surface area (Å²) in [5.41, 5.74) is 0.875. The summed E-state index contributed by atoms with van der Waals surface area (Å²) in [5.74, 6) is 0.653. The SMILES string of the molecule is N#Cc1cccc(Nc2nc(NCCCn3ccnc3)ccc2[N+](=O)[O-])c1. The molecule has 27 heavy (non-hydrogen) atoms. The van der Waals surface area contributed by atoms with E-state index in [0.717, 1.165) is 13.0 Å². The van der Waals surface area contributed by atoms with E-state index in [0.29, 0.717) is 23.6 Å². The van der Waals surface area contributed by atoms with Crippen LogP contribution >= 0.6 is 0 Å². The largest absolute Gasteiger partial charge is 0.370 e. The molecule has 2 heterocycles. The second kappa shape index (κ2) is 8.44. The number of imidazole rings is 1. The molecule has 0 saturated heterocycles. The maximum Gasteiger partial charge on any atom is 0.311 e. The Balaban J connectivity index is 1.70. The normalized spacial score (nSPS) is 10.2. The van der Waals surface area contributed by atoms with Gasteiger partial charge in [0.15, 0.2) is 0 Å². The fourth-order valence-corrected chi connectivity index (χ4v) is 2.49. The summed E-state index contributed by atoms with van der Waals surface area (Å²) < 4.78 is 1.97.